The van der Waals surface area contributed by atoms with E-state index in [2.05, 4.69) is 0 Å². The molecule has 0 aliphatic carbocycles. The fourth-order valence-electron chi connectivity index (χ4n) is 0. The summed E-state index contributed by atoms with van der Waals surface area (Å²) in [4.78, 5) is 10.0. The normalized spacial score (nSPS) is 9.88. The van der Waals surface area contributed by atoms with Gasteiger partial charge in [0, 0.05) is 0 Å². The minimum absolute atomic E-state index is 0. The van der Waals surface area contributed by atoms with Gasteiger partial charge in [0.05, 0.1) is 0 Å². The van der Waals surface area contributed by atoms with E-state index in [1.54, 1.807) is 13.8 Å². The Bertz CT molecular complexity index is 93.7. The third kappa shape index (κ3) is 5.59. The molecule has 0 atom stereocenters. The average Bonchev–Trinajstić information content (AvgIpc) is 1.31. The molecule has 1 N–H and O–H groups in total. The van der Waals surface area contributed by atoms with Gasteiger partial charge in [0.15, 0.2) is 0 Å². The number of hydrogen-bond donors (Lipinski definition) is 1. The number of carbonyl (C=O) groups is 1. The zero-order valence-electron chi connectivity index (χ0n) is 6.94. The largest absolute Gasteiger partial charge is 2.00 e. The molecular formula is C4H9CaIO2. The first-order valence-electron chi connectivity index (χ1n) is 1.87. The van der Waals surface area contributed by atoms with Gasteiger partial charge in [0.1, 0.15) is 3.42 Å². The maximum Gasteiger partial charge on any atom is 2.00 e. The van der Waals surface area contributed by atoms with E-state index in [4.69, 9.17) is 5.11 Å². The maximum atomic E-state index is 10.0. The minimum atomic E-state index is -0.770. The molecule has 0 fully saturated rings. The van der Waals surface area contributed by atoms with Crippen LogP contribution < -0.4 is 0 Å². The van der Waals surface area contributed by atoms with Crippen LogP contribution in [-0.2, 0) is 4.79 Å². The summed E-state index contributed by atoms with van der Waals surface area (Å²) in [5.74, 6) is -0.770. The first-order chi connectivity index (χ1) is 2.94. The first-order valence-corrected chi connectivity index (χ1v) is 2.95. The van der Waals surface area contributed by atoms with Crippen LogP contribution in [0.15, 0.2) is 0 Å². The Morgan fingerprint density at radius 1 is 1.75 bits per heavy atom. The molecule has 0 aromatic carbocycles. The predicted octanol–water partition coefficient (Wildman–Crippen LogP) is 1.13. The topological polar surface area (TPSA) is 37.3 Å². The molecule has 0 rings (SSSR count). The van der Waals surface area contributed by atoms with E-state index in [1.165, 1.54) is 0 Å². The third-order valence-corrected chi connectivity index (χ3v) is 0.970. The van der Waals surface area contributed by atoms with E-state index in [0.29, 0.717) is 0 Å². The molecule has 0 aliphatic rings. The van der Waals surface area contributed by atoms with Gasteiger partial charge in [-0.15, -0.1) is 0 Å². The number of carboxylic acid groups (broad SMARTS) is 1. The van der Waals surface area contributed by atoms with Crippen LogP contribution in [0.2, 0.25) is 0 Å². The molecule has 0 heterocycles. The molecule has 0 aromatic heterocycles. The van der Waals surface area contributed by atoms with Gasteiger partial charge in [0.2, 0.25) is 0 Å². The van der Waals surface area contributed by atoms with Crippen LogP contribution in [0.25, 0.3) is 0 Å². The van der Waals surface area contributed by atoms with Crippen molar-refractivity contribution in [1.29, 1.82) is 0 Å². The van der Waals surface area contributed by atoms with Gasteiger partial charge in [-0.1, -0.05) is 22.6 Å². The van der Waals surface area contributed by atoms with Crippen LogP contribution in [-0.4, -0.2) is 52.2 Å². The van der Waals surface area contributed by atoms with Crippen molar-refractivity contribution in [2.75, 3.05) is 0 Å². The third-order valence-electron chi connectivity index (χ3n) is 0.509. The molecule has 2 nitrogen and oxygen atoms in total. The molecule has 0 aromatic rings. The molecule has 0 saturated heterocycles. The van der Waals surface area contributed by atoms with E-state index in [9.17, 15) is 4.79 Å². The van der Waals surface area contributed by atoms with Crippen LogP contribution in [0.4, 0.5) is 0 Å². The Kier molecular flexibility index (Phi) is 6.54. The molecule has 0 unspecified atom stereocenters. The van der Waals surface area contributed by atoms with E-state index in [1.807, 2.05) is 22.6 Å². The Morgan fingerprint density at radius 3 is 1.88 bits per heavy atom. The molecule has 0 radical (unpaired) electrons. The number of alkyl halides is 1. The maximum absolute atomic E-state index is 10.0. The second-order valence-corrected chi connectivity index (χ2v) is 4.47. The summed E-state index contributed by atoms with van der Waals surface area (Å²) in [6.07, 6.45) is 0. The van der Waals surface area contributed by atoms with Crippen molar-refractivity contribution in [3.8, 4) is 0 Å². The average molecular weight is 256 g/mol. The zero-order valence-corrected chi connectivity index (χ0v) is 9.31. The van der Waals surface area contributed by atoms with Gasteiger partial charge in [-0.25, -0.2) is 0 Å². The van der Waals surface area contributed by atoms with Crippen LogP contribution in [0, 0.1) is 0 Å². The predicted molar refractivity (Wildman–Crippen MR) is 43.7 cm³/mol. The number of halogens is 1. The smallest absolute Gasteiger partial charge is 1.00 e. The van der Waals surface area contributed by atoms with Crippen LogP contribution in [0.3, 0.4) is 0 Å². The SMILES string of the molecule is CC(C)(I)C(=O)O.[Ca+2].[H-].[H-]. The monoisotopic (exact) mass is 256 g/mol. The van der Waals surface area contributed by atoms with E-state index in [-0.39, 0.29) is 40.6 Å². The molecular weight excluding hydrogens is 247 g/mol. The van der Waals surface area contributed by atoms with Crippen molar-refractivity contribution < 1.29 is 12.8 Å². The summed E-state index contributed by atoms with van der Waals surface area (Å²) in [5.41, 5.74) is 0. The number of hydrogen-bond acceptors (Lipinski definition) is 1. The Morgan fingerprint density at radius 2 is 1.88 bits per heavy atom. The summed E-state index contributed by atoms with van der Waals surface area (Å²) < 4.78 is -0.613. The van der Waals surface area contributed by atoms with Crippen LogP contribution >= 0.6 is 22.6 Å². The fourth-order valence-corrected chi connectivity index (χ4v) is 0. The molecule has 46 valence electrons. The molecule has 0 amide bonds. The minimum Gasteiger partial charge on any atom is -1.00 e. The van der Waals surface area contributed by atoms with Crippen molar-refractivity contribution >= 4 is 66.3 Å². The second kappa shape index (κ2) is 4.30. The molecule has 0 aliphatic heterocycles. The summed E-state index contributed by atoms with van der Waals surface area (Å²) in [6.45, 7) is 3.30. The van der Waals surface area contributed by atoms with Crippen LogP contribution in [0.1, 0.15) is 16.7 Å². The van der Waals surface area contributed by atoms with Crippen molar-refractivity contribution in [3.05, 3.63) is 0 Å². The van der Waals surface area contributed by atoms with Crippen molar-refractivity contribution in [2.24, 2.45) is 0 Å². The van der Waals surface area contributed by atoms with Crippen molar-refractivity contribution in [3.63, 3.8) is 0 Å². The number of rotatable bonds is 1. The summed E-state index contributed by atoms with van der Waals surface area (Å²) in [5, 5.41) is 8.24. The van der Waals surface area contributed by atoms with Crippen molar-refractivity contribution in [2.45, 2.75) is 17.3 Å². The van der Waals surface area contributed by atoms with Gasteiger partial charge in [-0.05, 0) is 13.8 Å². The quantitative estimate of drug-likeness (QED) is 0.434. The van der Waals surface area contributed by atoms with E-state index in [0.717, 1.165) is 0 Å². The number of aliphatic carboxylic acids is 1. The molecule has 8 heavy (non-hydrogen) atoms. The molecule has 0 spiro atoms. The van der Waals surface area contributed by atoms with E-state index < -0.39 is 9.39 Å². The zero-order chi connectivity index (χ0) is 6.08. The molecule has 0 bridgehead atoms. The second-order valence-electron chi connectivity index (χ2n) is 1.78. The summed E-state index contributed by atoms with van der Waals surface area (Å²) in [6, 6.07) is 0. The van der Waals surface area contributed by atoms with Gasteiger partial charge in [-0.2, -0.15) is 0 Å². The Labute approximate surface area is 95.1 Å². The Balaban J connectivity index is -0.0000000600. The summed E-state index contributed by atoms with van der Waals surface area (Å²) in [7, 11) is 0. The van der Waals surface area contributed by atoms with Gasteiger partial charge < -0.3 is 7.96 Å². The van der Waals surface area contributed by atoms with Crippen LogP contribution in [0.5, 0.6) is 0 Å². The van der Waals surface area contributed by atoms with E-state index >= 15 is 0 Å². The molecule has 0 saturated carbocycles. The first kappa shape index (κ1) is 12.2. The fraction of sp³-hybridized carbons (Fsp3) is 0.750. The van der Waals surface area contributed by atoms with Gasteiger partial charge in [0.25, 0.3) is 0 Å². The summed E-state index contributed by atoms with van der Waals surface area (Å²) >= 11 is 1.87. The Hall–Kier alpha value is 1.46. The number of carboxylic acids is 1. The molecule has 4 heteroatoms. The standard InChI is InChI=1S/C4H7IO2.Ca.2H/c1-4(2,5)3(6)7;;;/h1-2H3,(H,6,7);;;/q;+2;2*-1. The van der Waals surface area contributed by atoms with Gasteiger partial charge in [-0.3, -0.25) is 4.79 Å². The van der Waals surface area contributed by atoms with Gasteiger partial charge >= 0.3 is 43.7 Å². The van der Waals surface area contributed by atoms with Crippen molar-refractivity contribution in [1.82, 2.24) is 0 Å².